The predicted octanol–water partition coefficient (Wildman–Crippen LogP) is 2.46. The van der Waals surface area contributed by atoms with Crippen LogP contribution in [0.4, 0.5) is 0 Å². The summed E-state index contributed by atoms with van der Waals surface area (Å²) in [6.07, 6.45) is 9.76. The van der Waals surface area contributed by atoms with Crippen LogP contribution in [-0.2, 0) is 17.0 Å². The van der Waals surface area contributed by atoms with Crippen LogP contribution in [0.15, 0.2) is 17.4 Å². The Kier molecular flexibility index (Phi) is 4.61. The van der Waals surface area contributed by atoms with Crippen LogP contribution in [0.1, 0.15) is 50.3 Å². The minimum Gasteiger partial charge on any atom is -0.376 e. The molecule has 0 aromatic carbocycles. The number of hydrogen-bond acceptors (Lipinski definition) is 6. The third-order valence-electron chi connectivity index (χ3n) is 4.61. The molecular formula is C15H22N6OS. The molecule has 4 rings (SSSR count). The van der Waals surface area contributed by atoms with Crippen LogP contribution in [-0.4, -0.2) is 42.7 Å². The highest BCUT2D eigenvalue weighted by Crippen LogP contribution is 2.29. The maximum Gasteiger partial charge on any atom is 0.209 e. The van der Waals surface area contributed by atoms with Gasteiger partial charge in [-0.15, -0.1) is 5.10 Å². The first kappa shape index (κ1) is 15.1. The van der Waals surface area contributed by atoms with Crippen LogP contribution >= 0.6 is 11.8 Å². The summed E-state index contributed by atoms with van der Waals surface area (Å²) >= 11 is 1.64. The van der Waals surface area contributed by atoms with E-state index in [1.807, 2.05) is 4.68 Å². The molecule has 2 fully saturated rings. The number of ether oxygens (including phenoxy) is 1. The average Bonchev–Trinajstić information content (AvgIpc) is 3.34. The molecule has 1 aliphatic heterocycles. The summed E-state index contributed by atoms with van der Waals surface area (Å²) in [7, 11) is 0. The first-order chi connectivity index (χ1) is 11.4. The summed E-state index contributed by atoms with van der Waals surface area (Å²) in [5, 5.41) is 17.6. The quantitative estimate of drug-likeness (QED) is 0.756. The Labute approximate surface area is 139 Å². The van der Waals surface area contributed by atoms with Gasteiger partial charge in [-0.05, 0) is 42.2 Å². The third-order valence-corrected chi connectivity index (χ3v) is 5.60. The molecule has 7 nitrogen and oxygen atoms in total. The number of tetrazole rings is 1. The van der Waals surface area contributed by atoms with Crippen LogP contribution in [0.2, 0.25) is 0 Å². The van der Waals surface area contributed by atoms with Crippen LogP contribution < -0.4 is 0 Å². The van der Waals surface area contributed by atoms with Gasteiger partial charge < -0.3 is 4.74 Å². The van der Waals surface area contributed by atoms with Gasteiger partial charge in [-0.1, -0.05) is 24.6 Å². The number of hydrogen-bond donors (Lipinski definition) is 0. The highest BCUT2D eigenvalue weighted by atomic mass is 32.2. The second-order valence-corrected chi connectivity index (χ2v) is 7.24. The van der Waals surface area contributed by atoms with E-state index >= 15 is 0 Å². The smallest absolute Gasteiger partial charge is 0.209 e. The Morgan fingerprint density at radius 2 is 2.13 bits per heavy atom. The minimum absolute atomic E-state index is 0.249. The Morgan fingerprint density at radius 3 is 2.96 bits per heavy atom. The van der Waals surface area contributed by atoms with E-state index in [9.17, 15) is 0 Å². The fourth-order valence-electron chi connectivity index (χ4n) is 3.36. The first-order valence-electron chi connectivity index (χ1n) is 8.43. The molecule has 8 heteroatoms. The molecule has 23 heavy (non-hydrogen) atoms. The van der Waals surface area contributed by atoms with Crippen molar-refractivity contribution in [1.82, 2.24) is 30.0 Å². The highest BCUT2D eigenvalue weighted by Gasteiger charge is 2.20. The average molecular weight is 334 g/mol. The third kappa shape index (κ3) is 3.58. The largest absolute Gasteiger partial charge is 0.376 e. The first-order valence-corrected chi connectivity index (χ1v) is 9.41. The van der Waals surface area contributed by atoms with E-state index in [0.29, 0.717) is 6.04 Å². The highest BCUT2D eigenvalue weighted by molar-refractivity contribution is 7.98. The molecule has 1 atom stereocenters. The van der Waals surface area contributed by atoms with E-state index in [2.05, 4.69) is 32.5 Å². The van der Waals surface area contributed by atoms with Crippen LogP contribution in [0.25, 0.3) is 0 Å². The summed E-state index contributed by atoms with van der Waals surface area (Å²) in [5.41, 5.74) is 1.09. The summed E-state index contributed by atoms with van der Waals surface area (Å²) < 4.78 is 9.66. The Balaban J connectivity index is 1.34. The second-order valence-electron chi connectivity index (χ2n) is 6.29. The fraction of sp³-hybridized carbons (Fsp3) is 0.733. The molecule has 0 N–H and O–H groups in total. The normalized spacial score (nSPS) is 22.2. The van der Waals surface area contributed by atoms with Crippen molar-refractivity contribution in [2.24, 2.45) is 0 Å². The van der Waals surface area contributed by atoms with E-state index in [0.717, 1.165) is 42.6 Å². The molecule has 1 saturated heterocycles. The van der Waals surface area contributed by atoms with Gasteiger partial charge in [-0.2, -0.15) is 5.10 Å². The molecule has 0 unspecified atom stereocenters. The maximum atomic E-state index is 5.66. The minimum atomic E-state index is 0.249. The Morgan fingerprint density at radius 1 is 1.22 bits per heavy atom. The zero-order valence-corrected chi connectivity index (χ0v) is 14.0. The van der Waals surface area contributed by atoms with Crippen molar-refractivity contribution in [1.29, 1.82) is 0 Å². The van der Waals surface area contributed by atoms with E-state index in [4.69, 9.17) is 9.84 Å². The van der Waals surface area contributed by atoms with Crippen molar-refractivity contribution < 1.29 is 4.74 Å². The number of aromatic nitrogens is 6. The molecule has 0 bridgehead atoms. The molecule has 0 amide bonds. The van der Waals surface area contributed by atoms with Gasteiger partial charge >= 0.3 is 0 Å². The van der Waals surface area contributed by atoms with Crippen molar-refractivity contribution in [2.75, 3.05) is 6.61 Å². The lowest BCUT2D eigenvalue weighted by molar-refractivity contribution is 0.0912. The van der Waals surface area contributed by atoms with Gasteiger partial charge in [0.15, 0.2) is 0 Å². The monoisotopic (exact) mass is 334 g/mol. The van der Waals surface area contributed by atoms with Gasteiger partial charge in [0, 0.05) is 18.6 Å². The van der Waals surface area contributed by atoms with Crippen LogP contribution in [0.5, 0.6) is 0 Å². The van der Waals surface area contributed by atoms with Gasteiger partial charge in [-0.25, -0.2) is 4.68 Å². The topological polar surface area (TPSA) is 70.7 Å². The molecule has 1 saturated carbocycles. The lowest BCUT2D eigenvalue weighted by atomic mass is 10.2. The van der Waals surface area contributed by atoms with Crippen LogP contribution in [0, 0.1) is 0 Å². The molecule has 2 aromatic heterocycles. The zero-order chi connectivity index (χ0) is 15.5. The summed E-state index contributed by atoms with van der Waals surface area (Å²) in [6, 6.07) is 2.71. The van der Waals surface area contributed by atoms with E-state index in [1.54, 1.807) is 11.8 Å². The molecule has 0 spiro atoms. The Bertz CT molecular complexity index is 629. The molecule has 1 aliphatic carbocycles. The van der Waals surface area contributed by atoms with E-state index < -0.39 is 0 Å². The van der Waals surface area contributed by atoms with Crippen molar-refractivity contribution >= 4 is 11.8 Å². The summed E-state index contributed by atoms with van der Waals surface area (Å²) in [5.74, 6) is 0.797. The molecule has 2 aromatic rings. The van der Waals surface area contributed by atoms with Crippen molar-refractivity contribution in [2.45, 2.75) is 68.1 Å². The molecule has 2 aliphatic rings. The van der Waals surface area contributed by atoms with Crippen molar-refractivity contribution in [3.05, 3.63) is 18.0 Å². The summed E-state index contributed by atoms with van der Waals surface area (Å²) in [4.78, 5) is 0. The maximum absolute atomic E-state index is 5.66. The van der Waals surface area contributed by atoms with Crippen molar-refractivity contribution in [3.8, 4) is 0 Å². The van der Waals surface area contributed by atoms with Gasteiger partial charge in [0.25, 0.3) is 0 Å². The number of thioether (sulfide) groups is 1. The molecular weight excluding hydrogens is 312 g/mol. The molecule has 3 heterocycles. The van der Waals surface area contributed by atoms with Gasteiger partial charge in [0.05, 0.1) is 24.4 Å². The lowest BCUT2D eigenvalue weighted by Crippen LogP contribution is -2.16. The van der Waals surface area contributed by atoms with Crippen LogP contribution in [0.3, 0.4) is 0 Å². The standard InChI is InChI=1S/C15H22N6OS/c1-2-5-13(4-1)20-8-7-12(17-20)11-23-15-16-18-19-21(15)10-14-6-3-9-22-14/h7-8,13-14H,1-6,9-11H2/t14-/m0/s1. The van der Waals surface area contributed by atoms with E-state index in [-0.39, 0.29) is 6.10 Å². The number of rotatable bonds is 6. The zero-order valence-electron chi connectivity index (χ0n) is 13.2. The van der Waals surface area contributed by atoms with Gasteiger partial charge in [-0.3, -0.25) is 4.68 Å². The molecule has 124 valence electrons. The number of nitrogens with zero attached hydrogens (tertiary/aromatic N) is 6. The van der Waals surface area contributed by atoms with Gasteiger partial charge in [0.2, 0.25) is 5.16 Å². The SMILES string of the molecule is c1cn(C2CCCC2)nc1CSc1nnnn1C[C@@H]1CCCO1. The lowest BCUT2D eigenvalue weighted by Gasteiger charge is -2.10. The van der Waals surface area contributed by atoms with Crippen molar-refractivity contribution in [3.63, 3.8) is 0 Å². The predicted molar refractivity (Wildman–Crippen MR) is 86.1 cm³/mol. The van der Waals surface area contributed by atoms with Gasteiger partial charge in [0.1, 0.15) is 0 Å². The molecule has 0 radical (unpaired) electrons. The fourth-order valence-corrected chi connectivity index (χ4v) is 4.15. The summed E-state index contributed by atoms with van der Waals surface area (Å²) in [6.45, 7) is 1.60. The Hall–Kier alpha value is -1.41. The second kappa shape index (κ2) is 7.00. The van der Waals surface area contributed by atoms with E-state index in [1.165, 1.54) is 25.7 Å².